The number of hydrogen-bond donors (Lipinski definition) is 6. The number of fused-ring (bicyclic) bond motifs is 17. The molecule has 48 heavy (non-hydrogen) atoms. The topological polar surface area (TPSA) is 201 Å². The number of aliphatic hydroxyl groups is 2. The van der Waals surface area contributed by atoms with Crippen molar-refractivity contribution in [3.05, 3.63) is 33.6 Å². The van der Waals surface area contributed by atoms with Gasteiger partial charge in [-0.1, -0.05) is 48.0 Å². The standard InChI is InChI=1S/C36H53N3O9/c1-15-11-10-12-16(2)35(45)39-28-27(38)26(37)23-24(32(28)43)31(42)21(7)33-25(23)34(44)36(8,48-33)47-14-13-22(46-9)18(4)17(3)19(5)30(41)20(6)29(15)40/h15-20,22,29-30,37,40-42H,10-14,38H2,1-9H3,(H,39,45). The number of methoxy groups -OCH3 is 1. The largest absolute Gasteiger partial charge is 0.507 e. The highest BCUT2D eigenvalue weighted by atomic mass is 16.7. The van der Waals surface area contributed by atoms with Crippen LogP contribution in [0.1, 0.15) is 106 Å². The molecule has 0 saturated heterocycles. The summed E-state index contributed by atoms with van der Waals surface area (Å²) in [4.78, 5) is 41.1. The van der Waals surface area contributed by atoms with Crippen molar-refractivity contribution in [2.45, 2.75) is 105 Å². The van der Waals surface area contributed by atoms with Gasteiger partial charge in [-0.2, -0.15) is 0 Å². The minimum Gasteiger partial charge on any atom is -0.507 e. The summed E-state index contributed by atoms with van der Waals surface area (Å²) in [5, 5.41) is 45.2. The summed E-state index contributed by atoms with van der Waals surface area (Å²) in [6.07, 6.45) is 0.195. The van der Waals surface area contributed by atoms with Crippen LogP contribution in [0, 0.1) is 47.8 Å². The molecular formula is C36H53N3O9. The molecule has 10 unspecified atom stereocenters. The first-order valence-electron chi connectivity index (χ1n) is 17.0. The zero-order valence-corrected chi connectivity index (χ0v) is 29.6. The first-order chi connectivity index (χ1) is 22.4. The molecule has 1 amide bonds. The third-order valence-corrected chi connectivity index (χ3v) is 11.4. The van der Waals surface area contributed by atoms with E-state index in [1.54, 1.807) is 14.0 Å². The van der Waals surface area contributed by atoms with Crippen molar-refractivity contribution in [3.8, 4) is 11.5 Å². The smallest absolute Gasteiger partial charge is 0.272 e. The SMILES string of the molecule is COC1CCOC2(C)Oc3c(C)c(O)c4c(c3C2=O)C(=N)C(N)=C(NC(=O)C(C)CCCC(C)C(O)C(C)C(O)C(C)C(C)C1C)C4=O. The van der Waals surface area contributed by atoms with E-state index >= 15 is 0 Å². The number of nitrogens with one attached hydrogen (secondary N) is 2. The van der Waals surface area contributed by atoms with E-state index in [1.165, 1.54) is 13.8 Å². The fourth-order valence-corrected chi connectivity index (χ4v) is 7.44. The second-order valence-electron chi connectivity index (χ2n) is 14.4. The monoisotopic (exact) mass is 671 g/mol. The highest BCUT2D eigenvalue weighted by Crippen LogP contribution is 2.48. The minimum atomic E-state index is -1.83. The highest BCUT2D eigenvalue weighted by molar-refractivity contribution is 6.32. The van der Waals surface area contributed by atoms with Crippen molar-refractivity contribution < 1.29 is 43.9 Å². The van der Waals surface area contributed by atoms with Gasteiger partial charge in [0.1, 0.15) is 17.2 Å². The number of phenolic OH excluding ortho intramolecular Hbond substituents is 1. The molecule has 5 rings (SSSR count). The minimum absolute atomic E-state index is 0.00522. The quantitative estimate of drug-likeness (QED) is 0.254. The number of carbonyl (C=O) groups is 3. The van der Waals surface area contributed by atoms with Gasteiger partial charge in [0.05, 0.1) is 47.5 Å². The van der Waals surface area contributed by atoms with Crippen molar-refractivity contribution >= 4 is 23.2 Å². The lowest BCUT2D eigenvalue weighted by Crippen LogP contribution is -2.43. The third-order valence-electron chi connectivity index (χ3n) is 11.4. The number of nitrogens with two attached hydrogens (primary N) is 1. The Morgan fingerprint density at radius 2 is 1.56 bits per heavy atom. The second-order valence-corrected chi connectivity index (χ2v) is 14.4. The predicted molar refractivity (Wildman–Crippen MR) is 179 cm³/mol. The van der Waals surface area contributed by atoms with Gasteiger partial charge in [-0.15, -0.1) is 0 Å². The maximum absolute atomic E-state index is 14.0. The van der Waals surface area contributed by atoms with Crippen molar-refractivity contribution in [1.82, 2.24) is 5.32 Å². The molecule has 12 nitrogen and oxygen atoms in total. The molecule has 0 spiro atoms. The van der Waals surface area contributed by atoms with Crippen LogP contribution in [-0.2, 0) is 14.3 Å². The molecule has 0 radical (unpaired) electrons. The molecule has 266 valence electrons. The van der Waals surface area contributed by atoms with Crippen LogP contribution in [0.3, 0.4) is 0 Å². The summed E-state index contributed by atoms with van der Waals surface area (Å²) in [6.45, 7) is 14.5. The van der Waals surface area contributed by atoms with E-state index in [0.717, 1.165) is 0 Å². The van der Waals surface area contributed by atoms with Gasteiger partial charge in [0.25, 0.3) is 5.79 Å². The highest BCUT2D eigenvalue weighted by Gasteiger charge is 2.51. The molecule has 5 bridgehead atoms. The Bertz CT molecular complexity index is 1510. The van der Waals surface area contributed by atoms with E-state index in [0.29, 0.717) is 25.7 Å². The number of carbonyl (C=O) groups excluding carboxylic acids is 3. The van der Waals surface area contributed by atoms with E-state index < -0.39 is 58.8 Å². The molecule has 0 aromatic heterocycles. The van der Waals surface area contributed by atoms with Crippen molar-refractivity contribution in [3.63, 3.8) is 0 Å². The fourth-order valence-electron chi connectivity index (χ4n) is 7.44. The van der Waals surface area contributed by atoms with Gasteiger partial charge < -0.3 is 40.6 Å². The Hall–Kier alpha value is -3.32. The number of amides is 1. The van der Waals surface area contributed by atoms with Crippen molar-refractivity contribution in [2.75, 3.05) is 13.7 Å². The van der Waals surface area contributed by atoms with Gasteiger partial charge in [-0.3, -0.25) is 19.8 Å². The van der Waals surface area contributed by atoms with Crippen molar-refractivity contribution in [2.24, 2.45) is 41.2 Å². The molecule has 0 saturated carbocycles. The molecule has 3 heterocycles. The second kappa shape index (κ2) is 14.3. The van der Waals surface area contributed by atoms with Crippen LogP contribution in [0.2, 0.25) is 0 Å². The predicted octanol–water partition coefficient (Wildman–Crippen LogP) is 3.99. The molecule has 10 atom stereocenters. The molecule has 1 aromatic carbocycles. The molecule has 0 fully saturated rings. The van der Waals surface area contributed by atoms with Crippen LogP contribution in [0.4, 0.5) is 0 Å². The lowest BCUT2D eigenvalue weighted by molar-refractivity contribution is -0.136. The summed E-state index contributed by atoms with van der Waals surface area (Å²) in [6, 6.07) is 0. The summed E-state index contributed by atoms with van der Waals surface area (Å²) >= 11 is 0. The van der Waals surface area contributed by atoms with Crippen LogP contribution in [0.15, 0.2) is 11.4 Å². The van der Waals surface area contributed by atoms with Gasteiger partial charge in [0.15, 0.2) is 0 Å². The number of ether oxygens (including phenoxy) is 3. The van der Waals surface area contributed by atoms with Crippen LogP contribution >= 0.6 is 0 Å². The molecule has 4 aliphatic rings. The number of allylic oxidation sites excluding steroid dienone is 2. The Labute approximate surface area is 282 Å². The van der Waals surface area contributed by atoms with E-state index in [9.17, 15) is 29.7 Å². The first kappa shape index (κ1) is 37.5. The van der Waals surface area contributed by atoms with Crippen LogP contribution < -0.4 is 15.8 Å². The molecule has 3 aliphatic heterocycles. The number of ketones is 2. The van der Waals surface area contributed by atoms with E-state index in [2.05, 4.69) is 5.32 Å². The van der Waals surface area contributed by atoms with Crippen LogP contribution in [-0.4, -0.2) is 76.3 Å². The lowest BCUT2D eigenvalue weighted by Gasteiger charge is -2.38. The summed E-state index contributed by atoms with van der Waals surface area (Å²) in [7, 11) is 1.60. The Morgan fingerprint density at radius 3 is 2.19 bits per heavy atom. The number of benzene rings is 1. The van der Waals surface area contributed by atoms with Crippen LogP contribution in [0.25, 0.3) is 0 Å². The summed E-state index contributed by atoms with van der Waals surface area (Å²) in [5.74, 6) is -5.56. The molecule has 12 heteroatoms. The maximum atomic E-state index is 14.0. The molecular weight excluding hydrogens is 618 g/mol. The van der Waals surface area contributed by atoms with E-state index in [4.69, 9.17) is 25.4 Å². The molecule has 7 N–H and O–H groups in total. The van der Waals surface area contributed by atoms with E-state index in [-0.39, 0.29) is 75.8 Å². The normalized spacial score (nSPS) is 35.9. The van der Waals surface area contributed by atoms with Gasteiger partial charge in [0.2, 0.25) is 17.5 Å². The van der Waals surface area contributed by atoms with Crippen LogP contribution in [0.5, 0.6) is 11.5 Å². The Kier molecular flexibility index (Phi) is 11.1. The number of Topliss-reactive ketones (excluding diaryl/α,β-unsaturated/α-hetero) is 2. The Morgan fingerprint density at radius 1 is 0.917 bits per heavy atom. The summed E-state index contributed by atoms with van der Waals surface area (Å²) in [5.41, 5.74) is 4.76. The number of phenols is 1. The van der Waals surface area contributed by atoms with Gasteiger partial charge in [-0.05, 0) is 49.9 Å². The van der Waals surface area contributed by atoms with E-state index in [1.807, 2.05) is 34.6 Å². The van der Waals surface area contributed by atoms with Crippen molar-refractivity contribution in [1.29, 1.82) is 5.41 Å². The maximum Gasteiger partial charge on any atom is 0.272 e. The number of hydrogen-bond acceptors (Lipinski definition) is 11. The lowest BCUT2D eigenvalue weighted by atomic mass is 9.73. The van der Waals surface area contributed by atoms with Gasteiger partial charge in [-0.25, -0.2) is 0 Å². The third kappa shape index (κ3) is 6.51. The number of rotatable bonds is 1. The number of aromatic hydroxyl groups is 1. The zero-order valence-electron chi connectivity index (χ0n) is 29.6. The van der Waals surface area contributed by atoms with Gasteiger partial charge >= 0.3 is 0 Å². The average Bonchev–Trinajstić information content (AvgIpc) is 3.32. The molecule has 1 aromatic rings. The Balaban J connectivity index is 1.74. The summed E-state index contributed by atoms with van der Waals surface area (Å²) < 4.78 is 18.0. The average molecular weight is 672 g/mol. The zero-order chi connectivity index (χ0) is 36.0. The molecule has 1 aliphatic carbocycles. The first-order valence-corrected chi connectivity index (χ1v) is 17.0. The van der Waals surface area contributed by atoms with Gasteiger partial charge in [0, 0.05) is 37.0 Å². The fraction of sp³-hybridized carbons (Fsp3) is 0.667. The number of aliphatic hydroxyl groups excluding tert-OH is 2.